The fourth-order valence-corrected chi connectivity index (χ4v) is 2.74. The highest BCUT2D eigenvalue weighted by atomic mass is 35.5. The van der Waals surface area contributed by atoms with Crippen molar-refractivity contribution in [2.24, 2.45) is 5.92 Å². The summed E-state index contributed by atoms with van der Waals surface area (Å²) in [5, 5.41) is 7.20. The molecule has 120 valence electrons. The normalized spacial score (nSPS) is 11.5. The molecule has 0 aliphatic rings. The third-order valence-corrected chi connectivity index (χ3v) is 3.90. The molecule has 0 radical (unpaired) electrons. The van der Waals surface area contributed by atoms with E-state index in [-0.39, 0.29) is 17.5 Å². The van der Waals surface area contributed by atoms with Crippen LogP contribution in [0.3, 0.4) is 0 Å². The number of halogens is 2. The third-order valence-electron chi connectivity index (χ3n) is 3.55. The summed E-state index contributed by atoms with van der Waals surface area (Å²) in [7, 11) is 0. The molecule has 1 aromatic carbocycles. The topological polar surface area (TPSA) is 74.4 Å². The summed E-state index contributed by atoms with van der Waals surface area (Å²) in [5.41, 5.74) is 1.57. The molecular formula is C16H16ClFN4O. The molecule has 23 heavy (non-hydrogen) atoms. The average Bonchev–Trinajstić information content (AvgIpc) is 2.86. The van der Waals surface area contributed by atoms with Crippen LogP contribution < -0.4 is 5.56 Å². The van der Waals surface area contributed by atoms with Crippen LogP contribution in [0.25, 0.3) is 11.0 Å². The summed E-state index contributed by atoms with van der Waals surface area (Å²) in [6.07, 6.45) is 0.843. The van der Waals surface area contributed by atoms with Gasteiger partial charge in [0.25, 0.3) is 5.56 Å². The number of nitrogens with one attached hydrogen (secondary N) is 2. The van der Waals surface area contributed by atoms with Gasteiger partial charge in [-0.1, -0.05) is 31.5 Å². The predicted octanol–water partition coefficient (Wildman–Crippen LogP) is 3.23. The van der Waals surface area contributed by atoms with E-state index >= 15 is 0 Å². The van der Waals surface area contributed by atoms with Crippen LogP contribution >= 0.6 is 11.6 Å². The highest BCUT2D eigenvalue weighted by molar-refractivity contribution is 6.31. The van der Waals surface area contributed by atoms with E-state index in [4.69, 9.17) is 11.6 Å². The number of nitrogens with zero attached hydrogens (tertiary/aromatic N) is 2. The molecule has 0 amide bonds. The Hall–Kier alpha value is -2.21. The summed E-state index contributed by atoms with van der Waals surface area (Å²) in [6, 6.07) is 4.48. The zero-order valence-corrected chi connectivity index (χ0v) is 13.5. The Morgan fingerprint density at radius 2 is 2.09 bits per heavy atom. The lowest BCUT2D eigenvalue weighted by Crippen LogP contribution is -2.13. The first-order valence-corrected chi connectivity index (χ1v) is 7.72. The van der Waals surface area contributed by atoms with Crippen molar-refractivity contribution < 1.29 is 4.39 Å². The van der Waals surface area contributed by atoms with Gasteiger partial charge < -0.3 is 4.98 Å². The zero-order valence-electron chi connectivity index (χ0n) is 12.8. The van der Waals surface area contributed by atoms with E-state index in [1.54, 1.807) is 6.07 Å². The molecule has 0 spiro atoms. The van der Waals surface area contributed by atoms with E-state index in [1.807, 2.05) is 0 Å². The molecule has 0 aliphatic heterocycles. The SMILES string of the molecule is CC(C)Cc1[nH]nc2c(=O)[nH]c(Cc3c(F)cccc3Cl)nc12. The summed E-state index contributed by atoms with van der Waals surface area (Å²) in [5.74, 6) is 0.333. The van der Waals surface area contributed by atoms with Crippen LogP contribution in [-0.4, -0.2) is 20.2 Å². The van der Waals surface area contributed by atoms with Crippen molar-refractivity contribution >= 4 is 22.6 Å². The molecule has 7 heteroatoms. The van der Waals surface area contributed by atoms with Gasteiger partial charge >= 0.3 is 0 Å². The number of aromatic amines is 2. The minimum Gasteiger partial charge on any atom is -0.308 e. The Bertz CT molecular complexity index is 896. The molecule has 0 saturated carbocycles. The van der Waals surface area contributed by atoms with Crippen LogP contribution in [0.1, 0.15) is 30.9 Å². The first kappa shape index (κ1) is 15.7. The average molecular weight is 335 g/mol. The number of H-pyrrole nitrogens is 2. The fourth-order valence-electron chi connectivity index (χ4n) is 2.51. The first-order chi connectivity index (χ1) is 11.0. The molecule has 0 bridgehead atoms. The molecule has 0 fully saturated rings. The van der Waals surface area contributed by atoms with Gasteiger partial charge in [-0.25, -0.2) is 9.37 Å². The van der Waals surface area contributed by atoms with Gasteiger partial charge in [0.2, 0.25) is 0 Å². The second kappa shape index (κ2) is 6.12. The van der Waals surface area contributed by atoms with Crippen molar-refractivity contribution in [2.75, 3.05) is 0 Å². The van der Waals surface area contributed by atoms with Crippen molar-refractivity contribution in [3.05, 3.63) is 56.5 Å². The van der Waals surface area contributed by atoms with Gasteiger partial charge in [-0.05, 0) is 24.5 Å². The van der Waals surface area contributed by atoms with Gasteiger partial charge in [0.1, 0.15) is 17.2 Å². The summed E-state index contributed by atoms with van der Waals surface area (Å²) < 4.78 is 13.9. The van der Waals surface area contributed by atoms with E-state index in [0.717, 1.165) is 12.1 Å². The minimum atomic E-state index is -0.421. The number of rotatable bonds is 4. The summed E-state index contributed by atoms with van der Waals surface area (Å²) >= 11 is 6.04. The maximum atomic E-state index is 13.9. The van der Waals surface area contributed by atoms with Gasteiger partial charge in [-0.15, -0.1) is 0 Å². The molecule has 2 N–H and O–H groups in total. The molecule has 0 saturated heterocycles. The lowest BCUT2D eigenvalue weighted by Gasteiger charge is -2.06. The Morgan fingerprint density at radius 1 is 1.30 bits per heavy atom. The number of benzene rings is 1. The molecule has 3 aromatic rings. The van der Waals surface area contributed by atoms with Crippen LogP contribution in [0.15, 0.2) is 23.0 Å². The largest absolute Gasteiger partial charge is 0.308 e. The van der Waals surface area contributed by atoms with Gasteiger partial charge in [0.15, 0.2) is 5.52 Å². The molecular weight excluding hydrogens is 319 g/mol. The van der Waals surface area contributed by atoms with E-state index in [0.29, 0.717) is 27.8 Å². The van der Waals surface area contributed by atoms with E-state index in [2.05, 4.69) is 34.0 Å². The maximum absolute atomic E-state index is 13.9. The second-order valence-electron chi connectivity index (χ2n) is 5.89. The van der Waals surface area contributed by atoms with Crippen molar-refractivity contribution in [3.63, 3.8) is 0 Å². The van der Waals surface area contributed by atoms with E-state index < -0.39 is 5.82 Å². The summed E-state index contributed by atoms with van der Waals surface area (Å²) in [4.78, 5) is 19.3. The van der Waals surface area contributed by atoms with Crippen molar-refractivity contribution in [2.45, 2.75) is 26.7 Å². The molecule has 2 aromatic heterocycles. The first-order valence-electron chi connectivity index (χ1n) is 7.34. The van der Waals surface area contributed by atoms with Crippen molar-refractivity contribution in [3.8, 4) is 0 Å². The summed E-state index contributed by atoms with van der Waals surface area (Å²) in [6.45, 7) is 4.14. The van der Waals surface area contributed by atoms with Gasteiger partial charge in [-0.2, -0.15) is 5.10 Å². The molecule has 0 unspecified atom stereocenters. The Balaban J connectivity index is 2.06. The van der Waals surface area contributed by atoms with Gasteiger partial charge in [0.05, 0.1) is 5.69 Å². The van der Waals surface area contributed by atoms with Crippen LogP contribution in [0.4, 0.5) is 4.39 Å². The fraction of sp³-hybridized carbons (Fsp3) is 0.312. The quantitative estimate of drug-likeness (QED) is 0.769. The van der Waals surface area contributed by atoms with Gasteiger partial charge in [-0.3, -0.25) is 9.89 Å². The zero-order chi connectivity index (χ0) is 16.6. The predicted molar refractivity (Wildman–Crippen MR) is 87.3 cm³/mol. The van der Waals surface area contributed by atoms with Crippen molar-refractivity contribution in [1.29, 1.82) is 0 Å². The maximum Gasteiger partial charge on any atom is 0.279 e. The second-order valence-corrected chi connectivity index (χ2v) is 6.29. The van der Waals surface area contributed by atoms with Crippen LogP contribution in [0.5, 0.6) is 0 Å². The number of aromatic nitrogens is 4. The minimum absolute atomic E-state index is 0.114. The monoisotopic (exact) mass is 334 g/mol. The Labute approximate surface area is 136 Å². The molecule has 2 heterocycles. The van der Waals surface area contributed by atoms with Crippen LogP contribution in [0, 0.1) is 11.7 Å². The van der Waals surface area contributed by atoms with E-state index in [9.17, 15) is 9.18 Å². The van der Waals surface area contributed by atoms with Gasteiger partial charge in [0, 0.05) is 17.0 Å². The highest BCUT2D eigenvalue weighted by Crippen LogP contribution is 2.22. The standard InChI is InChI=1S/C16H16ClFN4O/c1-8(2)6-12-14-15(22-21-12)16(23)20-13(19-14)7-9-10(17)4-3-5-11(9)18/h3-5,8H,6-7H2,1-2H3,(H,21,22)(H,19,20,23). The highest BCUT2D eigenvalue weighted by Gasteiger charge is 2.15. The van der Waals surface area contributed by atoms with Crippen LogP contribution in [0.2, 0.25) is 5.02 Å². The van der Waals surface area contributed by atoms with Crippen LogP contribution in [-0.2, 0) is 12.8 Å². The number of fused-ring (bicyclic) bond motifs is 1. The Morgan fingerprint density at radius 3 is 2.78 bits per heavy atom. The number of hydrogen-bond donors (Lipinski definition) is 2. The lowest BCUT2D eigenvalue weighted by atomic mass is 10.1. The Kier molecular flexibility index (Phi) is 4.17. The molecule has 0 atom stereocenters. The smallest absolute Gasteiger partial charge is 0.279 e. The molecule has 5 nitrogen and oxygen atoms in total. The molecule has 3 rings (SSSR count). The lowest BCUT2D eigenvalue weighted by molar-refractivity contribution is 0.612. The number of hydrogen-bond acceptors (Lipinski definition) is 3. The molecule has 0 aliphatic carbocycles. The van der Waals surface area contributed by atoms with E-state index in [1.165, 1.54) is 12.1 Å². The third kappa shape index (κ3) is 3.12. The van der Waals surface area contributed by atoms with Crippen molar-refractivity contribution in [1.82, 2.24) is 20.2 Å².